The lowest BCUT2D eigenvalue weighted by atomic mass is 10.1. The minimum Gasteiger partial charge on any atom is -0.462 e. The molecule has 2 aromatic heterocycles. The number of thiophene rings is 1. The molecule has 0 atom stereocenters. The predicted octanol–water partition coefficient (Wildman–Crippen LogP) is 3.99. The number of rotatable bonds is 9. The standard InChI is InChI=1S/C21H22ClN5O4S2/c1-4-27-18(12-6-8-13(22)9-7-12)25-26-21(27)32-10-14(28)24-19-15(20(30)31-5-2)11(3)16(33-19)17(23)29/h6-9H,4-5,10H2,1-3H3,(H2,23,29)(H,24,28). The van der Waals surface area contributed by atoms with E-state index in [1.165, 1.54) is 11.8 Å². The van der Waals surface area contributed by atoms with Crippen LogP contribution < -0.4 is 11.1 Å². The van der Waals surface area contributed by atoms with Gasteiger partial charge in [-0.2, -0.15) is 0 Å². The highest BCUT2D eigenvalue weighted by atomic mass is 35.5. The third-order valence-electron chi connectivity index (χ3n) is 4.57. The number of benzene rings is 1. The van der Waals surface area contributed by atoms with E-state index >= 15 is 0 Å². The highest BCUT2D eigenvalue weighted by molar-refractivity contribution is 7.99. The van der Waals surface area contributed by atoms with Crippen LogP contribution in [0.1, 0.15) is 39.4 Å². The van der Waals surface area contributed by atoms with Gasteiger partial charge in [-0.3, -0.25) is 9.59 Å². The monoisotopic (exact) mass is 507 g/mol. The molecule has 0 unspecified atom stereocenters. The number of nitrogens with zero attached hydrogens (tertiary/aromatic N) is 3. The van der Waals surface area contributed by atoms with Crippen molar-refractivity contribution in [2.75, 3.05) is 17.7 Å². The van der Waals surface area contributed by atoms with Gasteiger partial charge in [0, 0.05) is 17.1 Å². The maximum Gasteiger partial charge on any atom is 0.341 e. The molecule has 0 spiro atoms. The lowest BCUT2D eigenvalue weighted by molar-refractivity contribution is -0.113. The Hall–Kier alpha value is -2.89. The van der Waals surface area contributed by atoms with Crippen LogP contribution in [0.3, 0.4) is 0 Å². The van der Waals surface area contributed by atoms with E-state index in [2.05, 4.69) is 15.5 Å². The zero-order valence-corrected chi connectivity index (χ0v) is 20.6. The van der Waals surface area contributed by atoms with Crippen LogP contribution >= 0.6 is 34.7 Å². The number of thioether (sulfide) groups is 1. The minimum atomic E-state index is -0.677. The average Bonchev–Trinajstić information content (AvgIpc) is 3.33. The zero-order chi connectivity index (χ0) is 24.1. The van der Waals surface area contributed by atoms with E-state index in [9.17, 15) is 14.4 Å². The fourth-order valence-electron chi connectivity index (χ4n) is 3.07. The van der Waals surface area contributed by atoms with E-state index in [-0.39, 0.29) is 33.7 Å². The van der Waals surface area contributed by atoms with Crippen molar-refractivity contribution < 1.29 is 19.1 Å². The second-order valence-electron chi connectivity index (χ2n) is 6.74. The Morgan fingerprint density at radius 1 is 1.21 bits per heavy atom. The van der Waals surface area contributed by atoms with E-state index in [1.807, 2.05) is 23.6 Å². The molecule has 0 aliphatic heterocycles. The van der Waals surface area contributed by atoms with Crippen molar-refractivity contribution in [1.82, 2.24) is 14.8 Å². The largest absolute Gasteiger partial charge is 0.462 e. The van der Waals surface area contributed by atoms with Crippen LogP contribution in [0.2, 0.25) is 5.02 Å². The van der Waals surface area contributed by atoms with Gasteiger partial charge in [-0.15, -0.1) is 21.5 Å². The topological polar surface area (TPSA) is 129 Å². The lowest BCUT2D eigenvalue weighted by Gasteiger charge is -2.08. The molecule has 0 fully saturated rings. The molecule has 0 aliphatic carbocycles. The van der Waals surface area contributed by atoms with E-state index in [1.54, 1.807) is 26.0 Å². The molecule has 33 heavy (non-hydrogen) atoms. The highest BCUT2D eigenvalue weighted by Crippen LogP contribution is 2.34. The Balaban J connectivity index is 1.76. The normalized spacial score (nSPS) is 10.8. The molecule has 3 rings (SSSR count). The molecule has 9 nitrogen and oxygen atoms in total. The first-order valence-electron chi connectivity index (χ1n) is 9.98. The molecule has 2 amide bonds. The molecular weight excluding hydrogens is 486 g/mol. The first-order valence-corrected chi connectivity index (χ1v) is 12.2. The molecule has 0 aliphatic rings. The number of primary amides is 1. The van der Waals surface area contributed by atoms with Crippen molar-refractivity contribution in [2.45, 2.75) is 32.5 Å². The second kappa shape index (κ2) is 10.8. The SMILES string of the molecule is CCOC(=O)c1c(NC(=O)CSc2nnc(-c3ccc(Cl)cc3)n2CC)sc(C(N)=O)c1C. The van der Waals surface area contributed by atoms with E-state index < -0.39 is 11.9 Å². The van der Waals surface area contributed by atoms with Crippen molar-refractivity contribution in [3.63, 3.8) is 0 Å². The van der Waals surface area contributed by atoms with Crippen molar-refractivity contribution >= 4 is 57.5 Å². The molecule has 0 radical (unpaired) electrons. The number of carbonyl (C=O) groups is 3. The van der Waals surface area contributed by atoms with Crippen LogP contribution in [0.25, 0.3) is 11.4 Å². The molecule has 12 heteroatoms. The van der Waals surface area contributed by atoms with Gasteiger partial charge in [-0.25, -0.2) is 4.79 Å². The number of hydrogen-bond donors (Lipinski definition) is 2. The van der Waals surface area contributed by atoms with Crippen molar-refractivity contribution in [1.29, 1.82) is 0 Å². The number of nitrogens with one attached hydrogen (secondary N) is 1. The van der Waals surface area contributed by atoms with Crippen LogP contribution in [0.4, 0.5) is 5.00 Å². The van der Waals surface area contributed by atoms with Crippen LogP contribution in [-0.4, -0.2) is 44.9 Å². The first kappa shape index (κ1) is 24.7. The van der Waals surface area contributed by atoms with Crippen molar-refractivity contribution in [2.24, 2.45) is 5.73 Å². The van der Waals surface area contributed by atoms with Gasteiger partial charge >= 0.3 is 5.97 Å². The number of ether oxygens (including phenoxy) is 1. The summed E-state index contributed by atoms with van der Waals surface area (Å²) in [6.45, 7) is 5.99. The first-order chi connectivity index (χ1) is 15.8. The Bertz CT molecular complexity index is 1190. The Labute approximate surface area is 203 Å². The molecule has 1 aromatic carbocycles. The molecule has 0 bridgehead atoms. The summed E-state index contributed by atoms with van der Waals surface area (Å²) >= 11 is 8.12. The maximum absolute atomic E-state index is 12.7. The summed E-state index contributed by atoms with van der Waals surface area (Å²) in [6, 6.07) is 7.25. The predicted molar refractivity (Wildman–Crippen MR) is 129 cm³/mol. The minimum absolute atomic E-state index is 0.0177. The number of amides is 2. The molecule has 0 saturated carbocycles. The smallest absolute Gasteiger partial charge is 0.341 e. The Kier molecular flexibility index (Phi) is 8.11. The van der Waals surface area contributed by atoms with Gasteiger partial charge in [0.15, 0.2) is 11.0 Å². The van der Waals surface area contributed by atoms with Gasteiger partial charge in [-0.05, 0) is 50.6 Å². The number of esters is 1. The molecular formula is C21H22ClN5O4S2. The quantitative estimate of drug-likeness (QED) is 0.331. The zero-order valence-electron chi connectivity index (χ0n) is 18.2. The lowest BCUT2D eigenvalue weighted by Crippen LogP contribution is -2.17. The number of nitrogens with two attached hydrogens (primary N) is 1. The van der Waals surface area contributed by atoms with Gasteiger partial charge in [0.1, 0.15) is 5.00 Å². The van der Waals surface area contributed by atoms with Gasteiger partial charge < -0.3 is 20.4 Å². The maximum atomic E-state index is 12.7. The summed E-state index contributed by atoms with van der Waals surface area (Å²) in [5, 5.41) is 12.6. The molecule has 0 saturated heterocycles. The van der Waals surface area contributed by atoms with Crippen LogP contribution in [0.5, 0.6) is 0 Å². The van der Waals surface area contributed by atoms with Gasteiger partial charge in [0.05, 0.1) is 22.8 Å². The van der Waals surface area contributed by atoms with E-state index in [0.29, 0.717) is 28.1 Å². The fraction of sp³-hybridized carbons (Fsp3) is 0.286. The number of halogens is 1. The summed E-state index contributed by atoms with van der Waals surface area (Å²) in [6.07, 6.45) is 0. The van der Waals surface area contributed by atoms with Crippen LogP contribution in [-0.2, 0) is 16.1 Å². The van der Waals surface area contributed by atoms with Crippen LogP contribution in [0, 0.1) is 6.92 Å². The summed E-state index contributed by atoms with van der Waals surface area (Å²) in [5.41, 5.74) is 6.78. The summed E-state index contributed by atoms with van der Waals surface area (Å²) in [4.78, 5) is 36.9. The number of anilines is 1. The highest BCUT2D eigenvalue weighted by Gasteiger charge is 2.26. The Morgan fingerprint density at radius 2 is 1.91 bits per heavy atom. The van der Waals surface area contributed by atoms with Gasteiger partial charge in [0.2, 0.25) is 5.91 Å². The van der Waals surface area contributed by atoms with Crippen molar-refractivity contribution in [3.8, 4) is 11.4 Å². The molecule has 3 N–H and O–H groups in total. The second-order valence-corrected chi connectivity index (χ2v) is 9.14. The number of hydrogen-bond acceptors (Lipinski definition) is 8. The van der Waals surface area contributed by atoms with Crippen LogP contribution in [0.15, 0.2) is 29.4 Å². The van der Waals surface area contributed by atoms with E-state index in [4.69, 9.17) is 22.1 Å². The molecule has 174 valence electrons. The van der Waals surface area contributed by atoms with Crippen molar-refractivity contribution in [3.05, 3.63) is 45.3 Å². The average molecular weight is 508 g/mol. The third-order valence-corrected chi connectivity index (χ3v) is 7.01. The van der Waals surface area contributed by atoms with Gasteiger partial charge in [-0.1, -0.05) is 23.4 Å². The summed E-state index contributed by atoms with van der Waals surface area (Å²) in [7, 11) is 0. The summed E-state index contributed by atoms with van der Waals surface area (Å²) in [5.74, 6) is -0.990. The van der Waals surface area contributed by atoms with Gasteiger partial charge in [0.25, 0.3) is 5.91 Å². The van der Waals surface area contributed by atoms with E-state index in [0.717, 1.165) is 16.9 Å². The fourth-order valence-corrected chi connectivity index (χ4v) is 5.06. The number of aromatic nitrogens is 3. The summed E-state index contributed by atoms with van der Waals surface area (Å²) < 4.78 is 6.96. The third kappa shape index (κ3) is 5.55. The molecule has 2 heterocycles. The number of carbonyl (C=O) groups excluding carboxylic acids is 3. The molecule has 3 aromatic rings. The Morgan fingerprint density at radius 3 is 2.52 bits per heavy atom.